The summed E-state index contributed by atoms with van der Waals surface area (Å²) in [4.78, 5) is 13.7. The predicted molar refractivity (Wildman–Crippen MR) is 66.7 cm³/mol. The number of carbonyl (C=O) groups excluding carboxylic acids is 1. The fourth-order valence-corrected chi connectivity index (χ4v) is 2.23. The van der Waals surface area contributed by atoms with Crippen molar-refractivity contribution in [1.29, 1.82) is 0 Å². The van der Waals surface area contributed by atoms with Crippen molar-refractivity contribution in [3.63, 3.8) is 0 Å². The Bertz CT molecular complexity index is 241. The maximum Gasteiger partial charge on any atom is 0.320 e. The summed E-state index contributed by atoms with van der Waals surface area (Å²) in [6, 6.07) is 0.107. The molecule has 0 aliphatic carbocycles. The van der Waals surface area contributed by atoms with E-state index in [2.05, 4.69) is 4.90 Å². The number of piperidine rings is 1. The van der Waals surface area contributed by atoms with Crippen LogP contribution < -0.4 is 0 Å². The van der Waals surface area contributed by atoms with E-state index in [-0.39, 0.29) is 18.1 Å². The second kappa shape index (κ2) is 6.97. The Balaban J connectivity index is 2.39. The van der Waals surface area contributed by atoms with E-state index in [4.69, 9.17) is 4.74 Å². The summed E-state index contributed by atoms with van der Waals surface area (Å²) in [6.45, 7) is 7.50. The molecule has 17 heavy (non-hydrogen) atoms. The van der Waals surface area contributed by atoms with Crippen molar-refractivity contribution >= 4 is 5.97 Å². The van der Waals surface area contributed by atoms with Gasteiger partial charge in [-0.3, -0.25) is 9.69 Å². The fourth-order valence-electron chi connectivity index (χ4n) is 2.23. The smallest absolute Gasteiger partial charge is 0.320 e. The summed E-state index contributed by atoms with van der Waals surface area (Å²) < 4.78 is 5.17. The van der Waals surface area contributed by atoms with E-state index in [1.54, 1.807) is 6.92 Å². The van der Waals surface area contributed by atoms with Crippen molar-refractivity contribution in [2.45, 2.75) is 52.2 Å². The van der Waals surface area contributed by atoms with E-state index >= 15 is 0 Å². The van der Waals surface area contributed by atoms with Gasteiger partial charge in [0.1, 0.15) is 0 Å². The number of ether oxygens (including phenoxy) is 1. The van der Waals surface area contributed by atoms with Crippen LogP contribution in [0.25, 0.3) is 0 Å². The Morgan fingerprint density at radius 3 is 2.71 bits per heavy atom. The van der Waals surface area contributed by atoms with E-state index in [1.165, 1.54) is 0 Å². The molecule has 0 aromatic heterocycles. The van der Waals surface area contributed by atoms with Crippen molar-refractivity contribution in [1.82, 2.24) is 4.90 Å². The lowest BCUT2D eigenvalue weighted by atomic mass is 9.98. The summed E-state index contributed by atoms with van der Waals surface area (Å²) in [7, 11) is 0. The molecule has 2 atom stereocenters. The molecule has 2 unspecified atom stereocenters. The van der Waals surface area contributed by atoms with Crippen molar-refractivity contribution in [3.05, 3.63) is 0 Å². The lowest BCUT2D eigenvalue weighted by Gasteiger charge is -2.36. The molecule has 0 spiro atoms. The van der Waals surface area contributed by atoms with Crippen LogP contribution in [-0.2, 0) is 9.53 Å². The standard InChI is InChI=1S/C13H25NO3/c1-10(2)9-17-13(16)8-14-7-5-4-6-12(14)11(3)15/h10-12,15H,4-9H2,1-3H3. The van der Waals surface area contributed by atoms with Gasteiger partial charge in [-0.05, 0) is 32.2 Å². The first-order valence-corrected chi connectivity index (χ1v) is 6.58. The molecule has 0 aromatic carbocycles. The van der Waals surface area contributed by atoms with Crippen LogP contribution in [0.3, 0.4) is 0 Å². The highest BCUT2D eigenvalue weighted by molar-refractivity contribution is 5.71. The molecule has 0 amide bonds. The first-order valence-electron chi connectivity index (χ1n) is 6.58. The molecule has 1 heterocycles. The second-order valence-corrected chi connectivity index (χ2v) is 5.35. The monoisotopic (exact) mass is 243 g/mol. The van der Waals surface area contributed by atoms with Crippen molar-refractivity contribution in [3.8, 4) is 0 Å². The van der Waals surface area contributed by atoms with Gasteiger partial charge in [0.15, 0.2) is 0 Å². The molecule has 4 nitrogen and oxygen atoms in total. The molecule has 1 rings (SSSR count). The third-order valence-electron chi connectivity index (χ3n) is 3.13. The highest BCUT2D eigenvalue weighted by atomic mass is 16.5. The largest absolute Gasteiger partial charge is 0.464 e. The summed E-state index contributed by atoms with van der Waals surface area (Å²) in [5, 5.41) is 9.68. The highest BCUT2D eigenvalue weighted by Gasteiger charge is 2.27. The molecule has 0 aromatic rings. The molecular formula is C13H25NO3. The van der Waals surface area contributed by atoms with Gasteiger partial charge in [0.05, 0.1) is 19.3 Å². The first-order chi connectivity index (χ1) is 8.00. The van der Waals surface area contributed by atoms with Gasteiger partial charge in [0.2, 0.25) is 0 Å². The Morgan fingerprint density at radius 1 is 1.41 bits per heavy atom. The van der Waals surface area contributed by atoms with Crippen LogP contribution in [0.5, 0.6) is 0 Å². The number of hydrogen-bond acceptors (Lipinski definition) is 4. The van der Waals surface area contributed by atoms with Crippen LogP contribution in [0.2, 0.25) is 0 Å². The number of likely N-dealkylation sites (tertiary alicyclic amines) is 1. The summed E-state index contributed by atoms with van der Waals surface area (Å²) in [5.74, 6) is 0.194. The number of aliphatic hydroxyl groups is 1. The maximum absolute atomic E-state index is 11.6. The Kier molecular flexibility index (Phi) is 5.92. The summed E-state index contributed by atoms with van der Waals surface area (Å²) in [6.07, 6.45) is 2.82. The van der Waals surface area contributed by atoms with E-state index in [0.29, 0.717) is 19.1 Å². The second-order valence-electron chi connectivity index (χ2n) is 5.35. The molecule has 4 heteroatoms. The van der Waals surface area contributed by atoms with Gasteiger partial charge < -0.3 is 9.84 Å². The van der Waals surface area contributed by atoms with E-state index in [9.17, 15) is 9.90 Å². The Labute approximate surface area is 104 Å². The number of rotatable bonds is 5. The molecule has 1 fully saturated rings. The lowest BCUT2D eigenvalue weighted by Crippen LogP contribution is -2.48. The average Bonchev–Trinajstić information content (AvgIpc) is 2.27. The summed E-state index contributed by atoms with van der Waals surface area (Å²) in [5.41, 5.74) is 0. The van der Waals surface area contributed by atoms with Gasteiger partial charge in [-0.15, -0.1) is 0 Å². The highest BCUT2D eigenvalue weighted by Crippen LogP contribution is 2.19. The summed E-state index contributed by atoms with van der Waals surface area (Å²) >= 11 is 0. The van der Waals surface area contributed by atoms with Gasteiger partial charge >= 0.3 is 5.97 Å². The molecule has 0 saturated carbocycles. The lowest BCUT2D eigenvalue weighted by molar-refractivity contribution is -0.147. The van der Waals surface area contributed by atoms with Crippen molar-refractivity contribution in [2.24, 2.45) is 5.92 Å². The van der Waals surface area contributed by atoms with Crippen molar-refractivity contribution in [2.75, 3.05) is 19.7 Å². The number of hydrogen-bond donors (Lipinski definition) is 1. The topological polar surface area (TPSA) is 49.8 Å². The number of esters is 1. The quantitative estimate of drug-likeness (QED) is 0.742. The van der Waals surface area contributed by atoms with Gasteiger partial charge in [0.25, 0.3) is 0 Å². The fraction of sp³-hybridized carbons (Fsp3) is 0.923. The van der Waals surface area contributed by atoms with E-state index < -0.39 is 0 Å². The number of nitrogens with zero attached hydrogens (tertiary/aromatic N) is 1. The zero-order valence-electron chi connectivity index (χ0n) is 11.2. The maximum atomic E-state index is 11.6. The molecule has 0 radical (unpaired) electrons. The van der Waals surface area contributed by atoms with Crippen LogP contribution in [0.15, 0.2) is 0 Å². The minimum atomic E-state index is -0.381. The molecule has 1 saturated heterocycles. The van der Waals surface area contributed by atoms with Gasteiger partial charge in [-0.25, -0.2) is 0 Å². The van der Waals surface area contributed by atoms with Gasteiger partial charge in [0, 0.05) is 6.04 Å². The van der Waals surface area contributed by atoms with Gasteiger partial charge in [-0.2, -0.15) is 0 Å². The van der Waals surface area contributed by atoms with Crippen LogP contribution in [0.4, 0.5) is 0 Å². The Hall–Kier alpha value is -0.610. The molecule has 1 aliphatic rings. The van der Waals surface area contributed by atoms with Gasteiger partial charge in [-0.1, -0.05) is 20.3 Å². The van der Waals surface area contributed by atoms with Crippen LogP contribution >= 0.6 is 0 Å². The average molecular weight is 243 g/mol. The van der Waals surface area contributed by atoms with E-state index in [1.807, 2.05) is 13.8 Å². The van der Waals surface area contributed by atoms with Crippen molar-refractivity contribution < 1.29 is 14.6 Å². The molecular weight excluding hydrogens is 218 g/mol. The zero-order chi connectivity index (χ0) is 12.8. The Morgan fingerprint density at radius 2 is 2.12 bits per heavy atom. The zero-order valence-corrected chi connectivity index (χ0v) is 11.2. The van der Waals surface area contributed by atoms with Crippen LogP contribution in [-0.4, -0.2) is 47.8 Å². The minimum Gasteiger partial charge on any atom is -0.464 e. The minimum absolute atomic E-state index is 0.107. The van der Waals surface area contributed by atoms with E-state index in [0.717, 1.165) is 25.8 Å². The third kappa shape index (κ3) is 5.04. The van der Waals surface area contributed by atoms with Crippen LogP contribution in [0.1, 0.15) is 40.0 Å². The number of aliphatic hydroxyl groups excluding tert-OH is 1. The SMILES string of the molecule is CC(C)COC(=O)CN1CCCCC1C(C)O. The first kappa shape index (κ1) is 14.5. The molecule has 1 N–H and O–H groups in total. The normalized spacial score (nSPS) is 23.7. The molecule has 100 valence electrons. The number of carbonyl (C=O) groups is 1. The predicted octanol–water partition coefficient (Wildman–Crippen LogP) is 1.42. The molecule has 0 bridgehead atoms. The van der Waals surface area contributed by atoms with Crippen LogP contribution in [0, 0.1) is 5.92 Å². The molecule has 1 aliphatic heterocycles. The third-order valence-corrected chi connectivity index (χ3v) is 3.13.